The van der Waals surface area contributed by atoms with E-state index in [-0.39, 0.29) is 25.4 Å². The highest BCUT2D eigenvalue weighted by Gasteiger charge is 2.28. The number of carbonyl (C=O) groups is 4. The molecule has 25 heavy (non-hydrogen) atoms. The van der Waals surface area contributed by atoms with E-state index in [0.29, 0.717) is 0 Å². The molecule has 0 aromatic carbocycles. The first-order valence-electron chi connectivity index (χ1n) is 7.58. The van der Waals surface area contributed by atoms with Gasteiger partial charge in [0.05, 0.1) is 12.5 Å². The van der Waals surface area contributed by atoms with Crippen LogP contribution in [-0.2, 0) is 14.4 Å². The van der Waals surface area contributed by atoms with Crippen molar-refractivity contribution >= 4 is 35.2 Å². The average molecular weight is 370 g/mol. The number of amides is 4. The molecule has 0 saturated carbocycles. The first-order valence-corrected chi connectivity index (χ1v) is 8.46. The Labute approximate surface area is 149 Å². The smallest absolute Gasteiger partial charge is 0.326 e. The predicted molar refractivity (Wildman–Crippen MR) is 91.9 cm³/mol. The van der Waals surface area contributed by atoms with Crippen molar-refractivity contribution in [1.82, 2.24) is 15.5 Å². The van der Waals surface area contributed by atoms with E-state index in [2.05, 4.69) is 10.6 Å². The van der Waals surface area contributed by atoms with E-state index in [1.807, 2.05) is 0 Å². The molecule has 0 bridgehead atoms. The van der Waals surface area contributed by atoms with Crippen LogP contribution in [0, 0.1) is 0 Å². The molecule has 5 N–H and O–H groups in total. The van der Waals surface area contributed by atoms with Crippen LogP contribution in [-0.4, -0.2) is 53.0 Å². The fourth-order valence-electron chi connectivity index (χ4n) is 2.20. The van der Waals surface area contributed by atoms with Crippen molar-refractivity contribution in [2.24, 2.45) is 5.73 Å². The highest BCUT2D eigenvalue weighted by Crippen LogP contribution is 2.23. The summed E-state index contributed by atoms with van der Waals surface area (Å²) in [6.45, 7) is 2.89. The predicted octanol–water partition coefficient (Wildman–Crippen LogP) is 0.285. The van der Waals surface area contributed by atoms with Crippen LogP contribution in [0.25, 0.3) is 0 Å². The van der Waals surface area contributed by atoms with Crippen molar-refractivity contribution in [1.29, 1.82) is 0 Å². The van der Waals surface area contributed by atoms with Gasteiger partial charge < -0.3 is 26.4 Å². The van der Waals surface area contributed by atoms with E-state index < -0.39 is 30.0 Å². The van der Waals surface area contributed by atoms with Crippen LogP contribution in [0.1, 0.15) is 31.2 Å². The van der Waals surface area contributed by atoms with Crippen molar-refractivity contribution in [3.63, 3.8) is 0 Å². The lowest BCUT2D eigenvalue weighted by Gasteiger charge is -2.28. The van der Waals surface area contributed by atoms with Crippen LogP contribution in [0.15, 0.2) is 17.5 Å². The Balaban J connectivity index is 2.87. The Morgan fingerprint density at radius 2 is 2.04 bits per heavy atom. The van der Waals surface area contributed by atoms with E-state index >= 15 is 0 Å². The minimum atomic E-state index is -1.16. The van der Waals surface area contributed by atoms with Crippen molar-refractivity contribution in [2.45, 2.75) is 32.4 Å². The van der Waals surface area contributed by atoms with Gasteiger partial charge in [-0.2, -0.15) is 0 Å². The number of carbonyl (C=O) groups excluding carboxylic acids is 3. The number of primary amides is 1. The topological polar surface area (TPSA) is 142 Å². The van der Waals surface area contributed by atoms with E-state index in [0.717, 1.165) is 9.78 Å². The zero-order valence-electron chi connectivity index (χ0n) is 14.0. The summed E-state index contributed by atoms with van der Waals surface area (Å²) >= 11 is 1.35. The molecule has 1 aromatic rings. The quantitative estimate of drug-likeness (QED) is 0.494. The maximum absolute atomic E-state index is 12.6. The monoisotopic (exact) mass is 370 g/mol. The third-order valence-electron chi connectivity index (χ3n) is 3.45. The first-order chi connectivity index (χ1) is 11.7. The maximum atomic E-state index is 12.6. The SMILES string of the molecule is CC(=O)NCCN(C(=O)CC(NC(N)=O)c1cccs1)C(C)C(=O)O. The van der Waals surface area contributed by atoms with Gasteiger partial charge in [0.1, 0.15) is 6.04 Å². The molecule has 0 aliphatic rings. The van der Waals surface area contributed by atoms with E-state index in [4.69, 9.17) is 5.73 Å². The van der Waals surface area contributed by atoms with Gasteiger partial charge in [-0.25, -0.2) is 9.59 Å². The summed E-state index contributed by atoms with van der Waals surface area (Å²) in [6.07, 6.45) is -0.138. The Morgan fingerprint density at radius 1 is 1.36 bits per heavy atom. The van der Waals surface area contributed by atoms with Crippen LogP contribution in [0.2, 0.25) is 0 Å². The lowest BCUT2D eigenvalue weighted by atomic mass is 10.1. The molecular weight excluding hydrogens is 348 g/mol. The first kappa shape index (κ1) is 20.4. The molecule has 0 saturated heterocycles. The Bertz CT molecular complexity index is 619. The van der Waals surface area contributed by atoms with E-state index in [1.165, 1.54) is 25.2 Å². The summed E-state index contributed by atoms with van der Waals surface area (Å²) in [5.74, 6) is -1.90. The van der Waals surface area contributed by atoms with Gasteiger partial charge in [-0.1, -0.05) is 6.07 Å². The summed E-state index contributed by atoms with van der Waals surface area (Å²) in [7, 11) is 0. The number of nitrogens with one attached hydrogen (secondary N) is 2. The van der Waals surface area contributed by atoms with Crippen molar-refractivity contribution in [3.05, 3.63) is 22.4 Å². The number of hydrogen-bond donors (Lipinski definition) is 4. The Morgan fingerprint density at radius 3 is 2.52 bits per heavy atom. The molecule has 1 rings (SSSR count). The Kier molecular flexibility index (Phi) is 7.86. The number of urea groups is 1. The lowest BCUT2D eigenvalue weighted by molar-refractivity contribution is -0.149. The van der Waals surface area contributed by atoms with Crippen LogP contribution >= 0.6 is 11.3 Å². The van der Waals surface area contributed by atoms with Crippen LogP contribution in [0.4, 0.5) is 4.79 Å². The van der Waals surface area contributed by atoms with Crippen molar-refractivity contribution in [2.75, 3.05) is 13.1 Å². The molecule has 2 atom stereocenters. The number of carboxylic acids is 1. The average Bonchev–Trinajstić information content (AvgIpc) is 3.03. The fraction of sp³-hybridized carbons (Fsp3) is 0.467. The van der Waals surface area contributed by atoms with E-state index in [1.54, 1.807) is 17.5 Å². The molecule has 9 nitrogen and oxygen atoms in total. The van der Waals surface area contributed by atoms with Crippen LogP contribution in [0.3, 0.4) is 0 Å². The highest BCUT2D eigenvalue weighted by molar-refractivity contribution is 7.10. The van der Waals surface area contributed by atoms with E-state index in [9.17, 15) is 24.3 Å². The minimum Gasteiger partial charge on any atom is -0.480 e. The van der Waals surface area contributed by atoms with Gasteiger partial charge in [0.25, 0.3) is 0 Å². The van der Waals surface area contributed by atoms with Crippen LogP contribution in [0.5, 0.6) is 0 Å². The largest absolute Gasteiger partial charge is 0.480 e. The van der Waals surface area contributed by atoms with Gasteiger partial charge in [-0.05, 0) is 18.4 Å². The summed E-state index contributed by atoms with van der Waals surface area (Å²) in [5, 5.41) is 16.0. The van der Waals surface area contributed by atoms with Gasteiger partial charge in [0, 0.05) is 24.9 Å². The maximum Gasteiger partial charge on any atom is 0.326 e. The number of rotatable bonds is 9. The highest BCUT2D eigenvalue weighted by atomic mass is 32.1. The second-order valence-corrected chi connectivity index (χ2v) is 6.34. The molecular formula is C15H22N4O5S. The second kappa shape index (κ2) is 9.62. The summed E-state index contributed by atoms with van der Waals surface area (Å²) < 4.78 is 0. The molecule has 4 amide bonds. The van der Waals surface area contributed by atoms with Crippen LogP contribution < -0.4 is 16.4 Å². The minimum absolute atomic E-state index is 0.0413. The molecule has 0 spiro atoms. The molecule has 1 heterocycles. The number of nitrogens with zero attached hydrogens (tertiary/aromatic N) is 1. The number of hydrogen-bond acceptors (Lipinski definition) is 5. The third-order valence-corrected chi connectivity index (χ3v) is 4.44. The normalized spacial score (nSPS) is 12.7. The molecule has 1 aromatic heterocycles. The molecule has 0 aliphatic carbocycles. The van der Waals surface area contributed by atoms with Gasteiger partial charge in [-0.15, -0.1) is 11.3 Å². The Hall–Kier alpha value is -2.62. The molecule has 0 fully saturated rings. The number of thiophene rings is 1. The fourth-order valence-corrected chi connectivity index (χ4v) is 2.97. The molecule has 138 valence electrons. The zero-order chi connectivity index (χ0) is 19.0. The third kappa shape index (κ3) is 6.79. The van der Waals surface area contributed by atoms with Crippen molar-refractivity contribution < 1.29 is 24.3 Å². The summed E-state index contributed by atoms with van der Waals surface area (Å²) in [6, 6.07) is 1.03. The number of nitrogens with two attached hydrogens (primary N) is 1. The second-order valence-electron chi connectivity index (χ2n) is 5.37. The van der Waals surface area contributed by atoms with Gasteiger partial charge in [0.15, 0.2) is 0 Å². The number of carboxylic acid groups (broad SMARTS) is 1. The van der Waals surface area contributed by atoms with Gasteiger partial charge in [0.2, 0.25) is 11.8 Å². The summed E-state index contributed by atoms with van der Waals surface area (Å²) in [5.41, 5.74) is 5.16. The molecule has 2 unspecified atom stereocenters. The number of aliphatic carboxylic acids is 1. The summed E-state index contributed by atoms with van der Waals surface area (Å²) in [4.78, 5) is 47.9. The van der Waals surface area contributed by atoms with Gasteiger partial charge >= 0.3 is 12.0 Å². The molecule has 0 aliphatic heterocycles. The van der Waals surface area contributed by atoms with Gasteiger partial charge in [-0.3, -0.25) is 9.59 Å². The lowest BCUT2D eigenvalue weighted by Crippen LogP contribution is -2.48. The molecule has 0 radical (unpaired) electrons. The van der Waals surface area contributed by atoms with Crippen molar-refractivity contribution in [3.8, 4) is 0 Å². The zero-order valence-corrected chi connectivity index (χ0v) is 14.8. The standard InChI is InChI=1S/C15H22N4O5S/c1-9(14(22)23)19(6-5-17-10(2)20)13(21)8-11(18-15(16)24)12-4-3-7-25-12/h3-4,7,9,11H,5-6,8H2,1-2H3,(H,17,20)(H,22,23)(H3,16,18,24). The molecule has 10 heteroatoms.